The number of rotatable bonds is 5. The van der Waals surface area contributed by atoms with Crippen molar-refractivity contribution in [1.82, 2.24) is 0 Å². The van der Waals surface area contributed by atoms with Crippen molar-refractivity contribution in [1.29, 1.82) is 0 Å². The third-order valence-electron chi connectivity index (χ3n) is 2.68. The van der Waals surface area contributed by atoms with Crippen LogP contribution in [-0.2, 0) is 14.9 Å². The zero-order valence-corrected chi connectivity index (χ0v) is 8.64. The summed E-state index contributed by atoms with van der Waals surface area (Å²) in [6.07, 6.45) is 2.36. The molecule has 0 unspecified atom stereocenters. The van der Waals surface area contributed by atoms with Gasteiger partial charge in [0.1, 0.15) is 0 Å². The fourth-order valence-electron chi connectivity index (χ4n) is 1.55. The number of hydrogen-bond acceptors (Lipinski definition) is 3. The van der Waals surface area contributed by atoms with E-state index in [4.69, 9.17) is 9.29 Å². The number of ether oxygens (including phenoxy) is 1. The molecule has 0 atom stereocenters. The molecule has 0 saturated carbocycles. The predicted molar refractivity (Wildman–Crippen MR) is 49.2 cm³/mol. The highest BCUT2D eigenvalue weighted by atomic mass is 32.2. The summed E-state index contributed by atoms with van der Waals surface area (Å²) >= 11 is 0. The van der Waals surface area contributed by atoms with Crippen molar-refractivity contribution < 1.29 is 17.7 Å². The van der Waals surface area contributed by atoms with Gasteiger partial charge in [-0.05, 0) is 19.3 Å². The molecule has 13 heavy (non-hydrogen) atoms. The van der Waals surface area contributed by atoms with Crippen molar-refractivity contribution in [2.75, 3.05) is 19.0 Å². The van der Waals surface area contributed by atoms with Gasteiger partial charge in [-0.1, -0.05) is 6.92 Å². The molecule has 1 fully saturated rings. The summed E-state index contributed by atoms with van der Waals surface area (Å²) in [5.41, 5.74) is 0.185. The van der Waals surface area contributed by atoms with Gasteiger partial charge in [-0.2, -0.15) is 8.42 Å². The van der Waals surface area contributed by atoms with E-state index in [1.165, 1.54) is 0 Å². The Kier molecular flexibility index (Phi) is 3.32. The molecular formula is C8H16O4S. The highest BCUT2D eigenvalue weighted by Crippen LogP contribution is 2.35. The third kappa shape index (κ3) is 3.25. The maximum Gasteiger partial charge on any atom is 0.264 e. The van der Waals surface area contributed by atoms with Crippen molar-refractivity contribution >= 4 is 10.1 Å². The molecule has 4 nitrogen and oxygen atoms in total. The van der Waals surface area contributed by atoms with Gasteiger partial charge >= 0.3 is 0 Å². The van der Waals surface area contributed by atoms with Gasteiger partial charge in [-0.15, -0.1) is 0 Å². The van der Waals surface area contributed by atoms with Crippen LogP contribution in [0.5, 0.6) is 0 Å². The lowest BCUT2D eigenvalue weighted by molar-refractivity contribution is -0.119. The summed E-state index contributed by atoms with van der Waals surface area (Å²) in [7, 11) is -3.78. The molecule has 1 rings (SSSR count). The van der Waals surface area contributed by atoms with Gasteiger partial charge in [0.2, 0.25) is 0 Å². The minimum absolute atomic E-state index is 0.130. The first-order valence-electron chi connectivity index (χ1n) is 4.50. The maximum absolute atomic E-state index is 10.4. The van der Waals surface area contributed by atoms with E-state index in [0.29, 0.717) is 6.42 Å². The third-order valence-corrected chi connectivity index (χ3v) is 3.48. The fraction of sp³-hybridized carbons (Fsp3) is 1.00. The highest BCUT2D eigenvalue weighted by molar-refractivity contribution is 7.85. The average Bonchev–Trinajstić information content (AvgIpc) is 1.92. The molecule has 78 valence electrons. The van der Waals surface area contributed by atoms with Gasteiger partial charge in [-0.25, -0.2) is 0 Å². The van der Waals surface area contributed by atoms with E-state index < -0.39 is 10.1 Å². The second kappa shape index (κ2) is 3.94. The van der Waals surface area contributed by atoms with Gasteiger partial charge in [0, 0.05) is 5.41 Å². The molecule has 0 radical (unpaired) electrons. The lowest BCUT2D eigenvalue weighted by Crippen LogP contribution is -2.42. The van der Waals surface area contributed by atoms with Gasteiger partial charge < -0.3 is 4.74 Å². The Balaban J connectivity index is 2.26. The van der Waals surface area contributed by atoms with E-state index >= 15 is 0 Å². The Labute approximate surface area is 79.0 Å². The molecule has 0 aromatic carbocycles. The monoisotopic (exact) mass is 208 g/mol. The Morgan fingerprint density at radius 2 is 2.08 bits per heavy atom. The molecule has 5 heteroatoms. The smallest absolute Gasteiger partial charge is 0.264 e. The fourth-order valence-corrected chi connectivity index (χ4v) is 2.05. The van der Waals surface area contributed by atoms with E-state index in [0.717, 1.165) is 26.1 Å². The minimum atomic E-state index is -3.78. The standard InChI is InChI=1S/C8H16O4S/c1-2-8(6-12-7-8)4-3-5-13(9,10)11/h2-7H2,1H3,(H,9,10,11). The molecule has 1 aliphatic rings. The van der Waals surface area contributed by atoms with Crippen LogP contribution in [0.3, 0.4) is 0 Å². The molecular weight excluding hydrogens is 192 g/mol. The summed E-state index contributed by atoms with van der Waals surface area (Å²) in [6, 6.07) is 0. The van der Waals surface area contributed by atoms with Gasteiger partial charge in [0.25, 0.3) is 10.1 Å². The summed E-state index contributed by atoms with van der Waals surface area (Å²) < 4.78 is 34.5. The Morgan fingerprint density at radius 3 is 2.38 bits per heavy atom. The van der Waals surface area contributed by atoms with E-state index in [-0.39, 0.29) is 11.2 Å². The summed E-state index contributed by atoms with van der Waals surface area (Å²) in [6.45, 7) is 3.54. The second-order valence-corrected chi connectivity index (χ2v) is 5.31. The van der Waals surface area contributed by atoms with Crippen molar-refractivity contribution in [3.63, 3.8) is 0 Å². The van der Waals surface area contributed by atoms with Crippen LogP contribution in [0.15, 0.2) is 0 Å². The molecule has 0 spiro atoms. The lowest BCUT2D eigenvalue weighted by atomic mass is 9.79. The Hall–Kier alpha value is -0.130. The predicted octanol–water partition coefficient (Wildman–Crippen LogP) is 1.08. The van der Waals surface area contributed by atoms with E-state index in [2.05, 4.69) is 6.92 Å². The van der Waals surface area contributed by atoms with E-state index in [1.807, 2.05) is 0 Å². The van der Waals surface area contributed by atoms with Crippen molar-refractivity contribution in [2.24, 2.45) is 5.41 Å². The normalized spacial score (nSPS) is 21.1. The van der Waals surface area contributed by atoms with E-state index in [9.17, 15) is 8.42 Å². The molecule has 1 N–H and O–H groups in total. The van der Waals surface area contributed by atoms with Crippen LogP contribution >= 0.6 is 0 Å². The van der Waals surface area contributed by atoms with Crippen LogP contribution in [0.1, 0.15) is 26.2 Å². The Bertz CT molecular complexity index is 248. The van der Waals surface area contributed by atoms with Crippen LogP contribution in [-0.4, -0.2) is 31.9 Å². The van der Waals surface area contributed by atoms with Crippen LogP contribution in [0.2, 0.25) is 0 Å². The molecule has 0 bridgehead atoms. The van der Waals surface area contributed by atoms with Gasteiger partial charge in [-0.3, -0.25) is 4.55 Å². The van der Waals surface area contributed by atoms with Crippen LogP contribution in [0.25, 0.3) is 0 Å². The second-order valence-electron chi connectivity index (χ2n) is 3.74. The highest BCUT2D eigenvalue weighted by Gasteiger charge is 2.36. The first-order chi connectivity index (χ1) is 5.97. The van der Waals surface area contributed by atoms with Crippen LogP contribution in [0.4, 0.5) is 0 Å². The summed E-state index contributed by atoms with van der Waals surface area (Å²) in [5.74, 6) is -0.130. The lowest BCUT2D eigenvalue weighted by Gasteiger charge is -2.40. The molecule has 1 saturated heterocycles. The van der Waals surface area contributed by atoms with Crippen molar-refractivity contribution in [3.8, 4) is 0 Å². The van der Waals surface area contributed by atoms with Crippen LogP contribution in [0, 0.1) is 5.41 Å². The Morgan fingerprint density at radius 1 is 1.46 bits per heavy atom. The van der Waals surface area contributed by atoms with Gasteiger partial charge in [0.05, 0.1) is 19.0 Å². The first-order valence-corrected chi connectivity index (χ1v) is 6.11. The molecule has 0 aromatic heterocycles. The molecule has 1 aliphatic heterocycles. The SMILES string of the molecule is CCC1(CCCS(=O)(=O)O)COC1. The summed E-state index contributed by atoms with van der Waals surface area (Å²) in [5, 5.41) is 0. The quantitative estimate of drug-likeness (QED) is 0.687. The topological polar surface area (TPSA) is 63.6 Å². The largest absolute Gasteiger partial charge is 0.380 e. The molecule has 0 aliphatic carbocycles. The first kappa shape index (κ1) is 10.9. The molecule has 0 aromatic rings. The van der Waals surface area contributed by atoms with Crippen molar-refractivity contribution in [2.45, 2.75) is 26.2 Å². The van der Waals surface area contributed by atoms with Crippen LogP contribution < -0.4 is 0 Å². The van der Waals surface area contributed by atoms with E-state index in [1.54, 1.807) is 0 Å². The van der Waals surface area contributed by atoms with Crippen molar-refractivity contribution in [3.05, 3.63) is 0 Å². The molecule has 1 heterocycles. The average molecular weight is 208 g/mol. The summed E-state index contributed by atoms with van der Waals surface area (Å²) in [4.78, 5) is 0. The van der Waals surface area contributed by atoms with Gasteiger partial charge in [0.15, 0.2) is 0 Å². The number of hydrogen-bond donors (Lipinski definition) is 1. The maximum atomic E-state index is 10.4. The minimum Gasteiger partial charge on any atom is -0.380 e. The molecule has 0 amide bonds. The zero-order chi connectivity index (χ0) is 9.95. The zero-order valence-electron chi connectivity index (χ0n) is 7.82.